The largest absolute Gasteiger partial charge is 0.263 e. The average Bonchev–Trinajstić information content (AvgIpc) is 3.30. The molecule has 1 saturated heterocycles. The lowest BCUT2D eigenvalue weighted by Gasteiger charge is -2.47. The minimum absolute atomic E-state index is 0.203. The third kappa shape index (κ3) is 3.91. The standard InChI is InChI=1S/C26H42N3P/c1-17-14-18(2)22(19(3)15-17)27-23-20-10-11-21(16-20)24(23)30-28(25(4,5)6)12-13-29(30)26(7,8)9/h14-15,20-21,24H,10-13,16H2,1-9H3. The van der Waals surface area contributed by atoms with Crippen LogP contribution in [-0.4, -0.2) is 44.9 Å². The minimum Gasteiger partial charge on any atom is -0.263 e. The summed E-state index contributed by atoms with van der Waals surface area (Å²) in [6.45, 7) is 23.5. The predicted molar refractivity (Wildman–Crippen MR) is 132 cm³/mol. The predicted octanol–water partition coefficient (Wildman–Crippen LogP) is 7.01. The molecule has 3 atom stereocenters. The van der Waals surface area contributed by atoms with Crippen molar-refractivity contribution in [1.82, 2.24) is 9.34 Å². The molecule has 1 aliphatic heterocycles. The lowest BCUT2D eigenvalue weighted by atomic mass is 9.97. The maximum absolute atomic E-state index is 5.52. The number of hydrogen-bond donors (Lipinski definition) is 0. The van der Waals surface area contributed by atoms with E-state index in [-0.39, 0.29) is 19.3 Å². The molecule has 30 heavy (non-hydrogen) atoms. The van der Waals surface area contributed by atoms with Crippen molar-refractivity contribution in [2.45, 2.75) is 98.3 Å². The first-order chi connectivity index (χ1) is 13.9. The zero-order valence-corrected chi connectivity index (χ0v) is 21.6. The van der Waals surface area contributed by atoms with Gasteiger partial charge in [0.15, 0.2) is 0 Å². The Balaban J connectivity index is 1.81. The smallest absolute Gasteiger partial charge is 0.0687 e. The summed E-state index contributed by atoms with van der Waals surface area (Å²) in [6.07, 6.45) is 4.11. The van der Waals surface area contributed by atoms with Crippen molar-refractivity contribution in [3.8, 4) is 0 Å². The van der Waals surface area contributed by atoms with Crippen LogP contribution in [0.3, 0.4) is 0 Å². The van der Waals surface area contributed by atoms with E-state index in [0.717, 1.165) is 5.92 Å². The molecular formula is C26H42N3P. The molecule has 0 N–H and O–H groups in total. The van der Waals surface area contributed by atoms with Gasteiger partial charge in [0.25, 0.3) is 0 Å². The second-order valence-electron chi connectivity index (χ2n) is 11.9. The lowest BCUT2D eigenvalue weighted by molar-refractivity contribution is 0.271. The van der Waals surface area contributed by atoms with Crippen molar-refractivity contribution in [3.05, 3.63) is 28.8 Å². The number of fused-ring (bicyclic) bond motifs is 2. The van der Waals surface area contributed by atoms with Gasteiger partial charge in [-0.1, -0.05) is 17.7 Å². The molecule has 2 bridgehead atoms. The normalized spacial score (nSPS) is 30.2. The fourth-order valence-electron chi connectivity index (χ4n) is 6.11. The Morgan fingerprint density at radius 1 is 0.867 bits per heavy atom. The fourth-order valence-corrected chi connectivity index (χ4v) is 9.94. The van der Waals surface area contributed by atoms with Crippen molar-refractivity contribution in [1.29, 1.82) is 0 Å². The summed E-state index contributed by atoms with van der Waals surface area (Å²) in [6, 6.07) is 4.61. The summed E-state index contributed by atoms with van der Waals surface area (Å²) < 4.78 is 5.70. The molecule has 3 fully saturated rings. The summed E-state index contributed by atoms with van der Waals surface area (Å²) in [5, 5.41) is 0. The molecular weight excluding hydrogens is 385 g/mol. The average molecular weight is 428 g/mol. The maximum atomic E-state index is 5.52. The molecule has 1 heterocycles. The van der Waals surface area contributed by atoms with Gasteiger partial charge >= 0.3 is 0 Å². The first-order valence-corrected chi connectivity index (χ1v) is 13.2. The highest BCUT2D eigenvalue weighted by molar-refractivity contribution is 7.55. The Kier molecular flexibility index (Phi) is 5.74. The van der Waals surface area contributed by atoms with Gasteiger partial charge in [-0.15, -0.1) is 0 Å². The van der Waals surface area contributed by atoms with E-state index in [1.165, 1.54) is 60.4 Å². The van der Waals surface area contributed by atoms with E-state index in [9.17, 15) is 0 Å². The number of hydrogen-bond acceptors (Lipinski definition) is 3. The molecule has 166 valence electrons. The number of rotatable bonds is 2. The highest BCUT2D eigenvalue weighted by Gasteiger charge is 2.55. The second-order valence-corrected chi connectivity index (χ2v) is 14.1. The van der Waals surface area contributed by atoms with E-state index in [1.54, 1.807) is 0 Å². The first-order valence-electron chi connectivity index (χ1n) is 11.9. The molecule has 2 aliphatic carbocycles. The Morgan fingerprint density at radius 3 is 1.90 bits per heavy atom. The molecule has 3 aliphatic rings. The molecule has 0 spiro atoms. The van der Waals surface area contributed by atoms with Crippen molar-refractivity contribution >= 4 is 19.6 Å². The van der Waals surface area contributed by atoms with Gasteiger partial charge in [0.1, 0.15) is 0 Å². The Hall–Kier alpha value is -0.760. The van der Waals surface area contributed by atoms with Gasteiger partial charge in [0, 0.05) is 43.8 Å². The SMILES string of the molecule is Cc1cc(C)c(N=C2C3CCC(C3)C2P2N(C(C)(C)C)CCN2C(C)(C)C)c(C)c1. The Morgan fingerprint density at radius 2 is 1.40 bits per heavy atom. The van der Waals surface area contributed by atoms with Gasteiger partial charge in [-0.3, -0.25) is 14.3 Å². The van der Waals surface area contributed by atoms with Gasteiger partial charge in [0.2, 0.25) is 0 Å². The zero-order valence-electron chi connectivity index (χ0n) is 20.7. The van der Waals surface area contributed by atoms with E-state index in [1.807, 2.05) is 0 Å². The molecule has 0 amide bonds. The molecule has 1 aromatic rings. The summed E-state index contributed by atoms with van der Waals surface area (Å²) >= 11 is 0. The monoisotopic (exact) mass is 427 g/mol. The van der Waals surface area contributed by atoms with Gasteiger partial charge in [0.05, 0.1) is 5.69 Å². The Bertz CT molecular complexity index is 800. The number of aryl methyl sites for hydroxylation is 3. The van der Waals surface area contributed by atoms with Gasteiger partial charge < -0.3 is 0 Å². The molecule has 0 radical (unpaired) electrons. The minimum atomic E-state index is -0.389. The van der Waals surface area contributed by atoms with Crippen LogP contribution < -0.4 is 0 Å². The van der Waals surface area contributed by atoms with Crippen molar-refractivity contribution < 1.29 is 0 Å². The quantitative estimate of drug-likeness (QED) is 0.473. The molecule has 1 aromatic carbocycles. The van der Waals surface area contributed by atoms with Crippen molar-refractivity contribution in [3.63, 3.8) is 0 Å². The summed E-state index contributed by atoms with van der Waals surface area (Å²) in [5.74, 6) is 1.52. The first kappa shape index (κ1) is 22.4. The van der Waals surface area contributed by atoms with E-state index in [4.69, 9.17) is 4.99 Å². The van der Waals surface area contributed by atoms with Crippen LogP contribution in [0.15, 0.2) is 17.1 Å². The van der Waals surface area contributed by atoms with Crippen LogP contribution in [0, 0.1) is 32.6 Å². The maximum Gasteiger partial charge on any atom is 0.0687 e. The van der Waals surface area contributed by atoms with Crippen LogP contribution in [0.25, 0.3) is 0 Å². The molecule has 4 rings (SSSR count). The highest BCUT2D eigenvalue weighted by Crippen LogP contribution is 2.66. The molecule has 4 heteroatoms. The van der Waals surface area contributed by atoms with Crippen LogP contribution in [0.2, 0.25) is 0 Å². The van der Waals surface area contributed by atoms with Gasteiger partial charge in [-0.05, 0) is 105 Å². The number of aliphatic imine (C=N–C) groups is 1. The second kappa shape index (κ2) is 7.68. The van der Waals surface area contributed by atoms with Crippen LogP contribution in [0.5, 0.6) is 0 Å². The van der Waals surface area contributed by atoms with Gasteiger partial charge in [-0.2, -0.15) is 0 Å². The van der Waals surface area contributed by atoms with Crippen molar-refractivity contribution in [2.75, 3.05) is 13.1 Å². The van der Waals surface area contributed by atoms with Crippen LogP contribution >= 0.6 is 8.22 Å². The van der Waals surface area contributed by atoms with E-state index >= 15 is 0 Å². The van der Waals surface area contributed by atoms with Crippen LogP contribution in [-0.2, 0) is 0 Å². The van der Waals surface area contributed by atoms with Gasteiger partial charge in [-0.25, -0.2) is 0 Å². The Labute approximate surface area is 186 Å². The number of benzene rings is 1. The lowest BCUT2D eigenvalue weighted by Crippen LogP contribution is -2.44. The highest BCUT2D eigenvalue weighted by atomic mass is 31.1. The van der Waals surface area contributed by atoms with E-state index in [0.29, 0.717) is 11.6 Å². The topological polar surface area (TPSA) is 18.8 Å². The third-order valence-electron chi connectivity index (χ3n) is 7.33. The summed E-state index contributed by atoms with van der Waals surface area (Å²) in [4.78, 5) is 5.52. The van der Waals surface area contributed by atoms with E-state index in [2.05, 4.69) is 83.8 Å². The van der Waals surface area contributed by atoms with Crippen molar-refractivity contribution in [2.24, 2.45) is 16.8 Å². The number of nitrogens with zero attached hydrogens (tertiary/aromatic N) is 3. The van der Waals surface area contributed by atoms with Crippen LogP contribution in [0.1, 0.15) is 77.5 Å². The zero-order chi connectivity index (χ0) is 22.0. The van der Waals surface area contributed by atoms with Crippen LogP contribution in [0.4, 0.5) is 5.69 Å². The molecule has 2 saturated carbocycles. The summed E-state index contributed by atoms with van der Waals surface area (Å²) in [7, 11) is -0.389. The molecule has 3 nitrogen and oxygen atoms in total. The fraction of sp³-hybridized carbons (Fsp3) is 0.731. The van der Waals surface area contributed by atoms with E-state index < -0.39 is 0 Å². The molecule has 0 aromatic heterocycles. The molecule has 3 unspecified atom stereocenters. The third-order valence-corrected chi connectivity index (χ3v) is 11.1. The summed E-state index contributed by atoms with van der Waals surface area (Å²) in [5.41, 5.74) is 7.83.